The fourth-order valence-corrected chi connectivity index (χ4v) is 3.46. The second kappa shape index (κ2) is 13.8. The van der Waals surface area contributed by atoms with Gasteiger partial charge in [0.1, 0.15) is 46.6 Å². The number of benzene rings is 1. The molecule has 0 spiro atoms. The van der Waals surface area contributed by atoms with Crippen LogP contribution in [0.15, 0.2) is 21.3 Å². The summed E-state index contributed by atoms with van der Waals surface area (Å²) in [5.74, 6) is 0.703. The van der Waals surface area contributed by atoms with Gasteiger partial charge in [0.15, 0.2) is 12.2 Å². The van der Waals surface area contributed by atoms with Crippen LogP contribution in [0.5, 0.6) is 11.5 Å². The summed E-state index contributed by atoms with van der Waals surface area (Å²) in [6, 6.07) is 2.99. The molecule has 0 aliphatic carbocycles. The third kappa shape index (κ3) is 7.93. The number of fused-ring (bicyclic) bond motifs is 1. The molecule has 0 fully saturated rings. The van der Waals surface area contributed by atoms with Gasteiger partial charge in [-0.15, -0.1) is 0 Å². The van der Waals surface area contributed by atoms with Gasteiger partial charge in [-0.3, -0.25) is 14.4 Å². The lowest BCUT2D eigenvalue weighted by Gasteiger charge is -2.17. The van der Waals surface area contributed by atoms with Crippen molar-refractivity contribution in [3.63, 3.8) is 0 Å². The van der Waals surface area contributed by atoms with Gasteiger partial charge < -0.3 is 28.1 Å². The minimum atomic E-state index is -0.339. The smallest absolute Gasteiger partial charge is 0.196 e. The van der Waals surface area contributed by atoms with E-state index in [-0.39, 0.29) is 73.5 Å². The maximum Gasteiger partial charge on any atom is 0.196 e. The summed E-state index contributed by atoms with van der Waals surface area (Å²) in [5, 5.41) is 0.255. The van der Waals surface area contributed by atoms with Crippen molar-refractivity contribution in [2.75, 3.05) is 33.9 Å². The van der Waals surface area contributed by atoms with Gasteiger partial charge >= 0.3 is 0 Å². The number of ketones is 2. The number of carbonyl (C=O) groups is 2. The summed E-state index contributed by atoms with van der Waals surface area (Å²) in [6.07, 6.45) is -0.121. The highest BCUT2D eigenvalue weighted by Crippen LogP contribution is 2.37. The van der Waals surface area contributed by atoms with Crippen LogP contribution in [-0.4, -0.2) is 51.6 Å². The summed E-state index contributed by atoms with van der Waals surface area (Å²) >= 11 is 0. The molecule has 0 unspecified atom stereocenters. The van der Waals surface area contributed by atoms with E-state index in [1.165, 1.54) is 13.2 Å². The van der Waals surface area contributed by atoms with Crippen molar-refractivity contribution >= 4 is 22.5 Å². The number of carbonyl (C=O) groups excluding carboxylic acids is 2. The van der Waals surface area contributed by atoms with Gasteiger partial charge in [-0.05, 0) is 34.1 Å². The second-order valence-corrected chi connectivity index (χ2v) is 7.78. The average Bonchev–Trinajstić information content (AvgIpc) is 2.77. The zero-order valence-electron chi connectivity index (χ0n) is 20.6. The molecule has 1 heterocycles. The third-order valence-electron chi connectivity index (χ3n) is 5.07. The van der Waals surface area contributed by atoms with Crippen molar-refractivity contribution < 1.29 is 37.7 Å². The molecule has 0 bridgehead atoms. The fraction of sp³-hybridized carbons (Fsp3) is 0.560. The number of ether oxygens (including phenoxy) is 5. The van der Waals surface area contributed by atoms with Crippen LogP contribution < -0.4 is 14.9 Å². The van der Waals surface area contributed by atoms with Gasteiger partial charge in [-0.2, -0.15) is 0 Å². The first kappa shape index (κ1) is 27.5. The first-order chi connectivity index (χ1) is 16.3. The minimum absolute atomic E-state index is 0.0734. The predicted molar refractivity (Wildman–Crippen MR) is 126 cm³/mol. The summed E-state index contributed by atoms with van der Waals surface area (Å²) in [5.41, 5.74) is 0.594. The van der Waals surface area contributed by atoms with Gasteiger partial charge in [0.2, 0.25) is 0 Å². The van der Waals surface area contributed by atoms with Gasteiger partial charge in [0.25, 0.3) is 0 Å². The lowest BCUT2D eigenvalue weighted by molar-refractivity contribution is -0.130. The minimum Gasteiger partial charge on any atom is -0.496 e. The lowest BCUT2D eigenvalue weighted by Crippen LogP contribution is -2.18. The highest BCUT2D eigenvalue weighted by molar-refractivity contribution is 5.99. The first-order valence-corrected chi connectivity index (χ1v) is 11.4. The summed E-state index contributed by atoms with van der Waals surface area (Å²) < 4.78 is 32.8. The molecule has 0 aliphatic rings. The molecular formula is C25H34O9. The van der Waals surface area contributed by atoms with Crippen LogP contribution in [-0.2, 0) is 30.2 Å². The Balaban J connectivity index is 2.18. The van der Waals surface area contributed by atoms with Crippen molar-refractivity contribution in [1.29, 1.82) is 0 Å². The Morgan fingerprint density at radius 3 is 2.44 bits per heavy atom. The highest BCUT2D eigenvalue weighted by atomic mass is 16.7. The van der Waals surface area contributed by atoms with Crippen LogP contribution in [0.25, 0.3) is 11.0 Å². The molecule has 1 atom stereocenters. The van der Waals surface area contributed by atoms with E-state index in [9.17, 15) is 14.4 Å². The maximum absolute atomic E-state index is 12.7. The number of hydrogen-bond donors (Lipinski definition) is 0. The third-order valence-corrected chi connectivity index (χ3v) is 5.07. The molecule has 2 rings (SSSR count). The molecule has 188 valence electrons. The molecule has 0 aliphatic heterocycles. The Labute approximate surface area is 199 Å². The van der Waals surface area contributed by atoms with Gasteiger partial charge in [0.05, 0.1) is 19.6 Å². The topological polar surface area (TPSA) is 110 Å². The SMILES string of the molecule is CCOCOc1c(CCC(=O)CC(=O)C[C@H](C)OCOCC)c(OC)cc2oc(C)cc(=O)c12. The summed E-state index contributed by atoms with van der Waals surface area (Å²) in [6.45, 7) is 8.10. The van der Waals surface area contributed by atoms with Crippen molar-refractivity contribution in [2.45, 2.75) is 59.5 Å². The van der Waals surface area contributed by atoms with E-state index in [0.717, 1.165) is 0 Å². The summed E-state index contributed by atoms with van der Waals surface area (Å²) in [7, 11) is 1.49. The van der Waals surface area contributed by atoms with Crippen LogP contribution in [0.3, 0.4) is 0 Å². The molecule has 1 aromatic heterocycles. The lowest BCUT2D eigenvalue weighted by atomic mass is 9.99. The first-order valence-electron chi connectivity index (χ1n) is 11.4. The zero-order chi connectivity index (χ0) is 25.1. The van der Waals surface area contributed by atoms with E-state index in [2.05, 4.69) is 0 Å². The highest BCUT2D eigenvalue weighted by Gasteiger charge is 2.22. The molecule has 9 heteroatoms. The Morgan fingerprint density at radius 1 is 1.06 bits per heavy atom. The van der Waals surface area contributed by atoms with Crippen LogP contribution in [0.1, 0.15) is 51.4 Å². The molecular weight excluding hydrogens is 444 g/mol. The monoisotopic (exact) mass is 478 g/mol. The second-order valence-electron chi connectivity index (χ2n) is 7.78. The van der Waals surface area contributed by atoms with Crippen LogP contribution in [0.2, 0.25) is 0 Å². The number of rotatable bonds is 16. The normalized spacial score (nSPS) is 12.0. The van der Waals surface area contributed by atoms with E-state index < -0.39 is 0 Å². The van der Waals surface area contributed by atoms with Crippen molar-refractivity contribution in [3.05, 3.63) is 33.7 Å². The molecule has 34 heavy (non-hydrogen) atoms. The number of aryl methyl sites for hydroxylation is 1. The van der Waals surface area contributed by atoms with Crippen molar-refractivity contribution in [3.8, 4) is 11.5 Å². The molecule has 1 aromatic carbocycles. The van der Waals surface area contributed by atoms with E-state index in [4.69, 9.17) is 28.1 Å². The number of Topliss-reactive ketones (excluding diaryl/α,β-unsaturated/α-hetero) is 2. The zero-order valence-corrected chi connectivity index (χ0v) is 20.6. The quantitative estimate of drug-likeness (QED) is 0.202. The maximum atomic E-state index is 12.7. The van der Waals surface area contributed by atoms with Crippen molar-refractivity contribution in [1.82, 2.24) is 0 Å². The van der Waals surface area contributed by atoms with Gasteiger partial charge in [-0.1, -0.05) is 0 Å². The van der Waals surface area contributed by atoms with Gasteiger partial charge in [0, 0.05) is 43.8 Å². The van der Waals surface area contributed by atoms with E-state index in [1.54, 1.807) is 19.9 Å². The largest absolute Gasteiger partial charge is 0.496 e. The Bertz CT molecular complexity index is 1030. The molecule has 0 radical (unpaired) electrons. The van der Waals surface area contributed by atoms with E-state index in [0.29, 0.717) is 35.9 Å². The molecule has 0 amide bonds. The molecule has 9 nitrogen and oxygen atoms in total. The Hall–Kier alpha value is -2.75. The van der Waals surface area contributed by atoms with Gasteiger partial charge in [-0.25, -0.2) is 0 Å². The molecule has 0 saturated heterocycles. The Kier molecular flexibility index (Phi) is 11.2. The predicted octanol–water partition coefficient (Wildman–Crippen LogP) is 3.73. The van der Waals surface area contributed by atoms with E-state index >= 15 is 0 Å². The standard InChI is InChI=1S/C25H34O9/c1-6-30-14-32-16(3)10-19(27)12-18(26)8-9-20-22(29-5)13-23-24(21(28)11-17(4)34-23)25(20)33-15-31-7-2/h11,13,16H,6-10,12,14-15H2,1-5H3/t16-/m0/s1. The molecule has 2 aromatic rings. The van der Waals surface area contributed by atoms with Crippen LogP contribution >= 0.6 is 0 Å². The van der Waals surface area contributed by atoms with E-state index in [1.807, 2.05) is 13.8 Å². The van der Waals surface area contributed by atoms with Crippen molar-refractivity contribution in [2.24, 2.45) is 0 Å². The molecule has 0 saturated carbocycles. The number of hydrogen-bond acceptors (Lipinski definition) is 9. The van der Waals surface area contributed by atoms with Crippen LogP contribution in [0.4, 0.5) is 0 Å². The summed E-state index contributed by atoms with van der Waals surface area (Å²) in [4.78, 5) is 37.5. The van der Waals surface area contributed by atoms with Crippen LogP contribution in [0, 0.1) is 6.92 Å². The fourth-order valence-electron chi connectivity index (χ4n) is 3.46. The average molecular weight is 479 g/mol. The molecule has 0 N–H and O–H groups in total. The number of methoxy groups -OCH3 is 1. The Morgan fingerprint density at radius 2 is 1.76 bits per heavy atom.